The molecular weight excluding hydrogens is 374 g/mol. The van der Waals surface area contributed by atoms with Crippen molar-refractivity contribution in [2.75, 3.05) is 10.6 Å². The molecule has 0 saturated carbocycles. The number of halogens is 1. The first-order chi connectivity index (χ1) is 11.2. The predicted molar refractivity (Wildman–Crippen MR) is 96.2 cm³/mol. The second-order valence-electron chi connectivity index (χ2n) is 6.02. The third-order valence-corrected chi connectivity index (χ3v) is 3.21. The van der Waals surface area contributed by atoms with E-state index in [0.29, 0.717) is 21.4 Å². The van der Waals surface area contributed by atoms with Gasteiger partial charge in [-0.3, -0.25) is 15.1 Å². The van der Waals surface area contributed by atoms with E-state index in [2.05, 4.69) is 31.5 Å². The summed E-state index contributed by atoms with van der Waals surface area (Å²) in [5, 5.41) is 5.39. The highest BCUT2D eigenvalue weighted by atomic mass is 79.9. The molecule has 0 spiro atoms. The second kappa shape index (κ2) is 7.44. The molecule has 2 N–H and O–H groups in total. The van der Waals surface area contributed by atoms with Crippen LogP contribution in [0.3, 0.4) is 0 Å². The Morgan fingerprint density at radius 2 is 1.71 bits per heavy atom. The molecule has 2 aromatic rings. The fourth-order valence-electron chi connectivity index (χ4n) is 1.85. The molecular formula is C17H18BrN3O3. The minimum absolute atomic E-state index is 0.331. The number of pyridine rings is 1. The molecule has 1 aromatic carbocycles. The zero-order valence-electron chi connectivity index (χ0n) is 13.6. The fraction of sp³-hybridized carbons (Fsp3) is 0.235. The maximum atomic E-state index is 12.3. The van der Waals surface area contributed by atoms with E-state index in [1.807, 2.05) is 0 Å². The van der Waals surface area contributed by atoms with E-state index in [4.69, 9.17) is 4.74 Å². The average Bonchev–Trinajstić information content (AvgIpc) is 2.47. The van der Waals surface area contributed by atoms with Crippen LogP contribution in [0.15, 0.2) is 47.2 Å². The van der Waals surface area contributed by atoms with Crippen LogP contribution in [0.2, 0.25) is 0 Å². The Morgan fingerprint density at radius 3 is 2.29 bits per heavy atom. The van der Waals surface area contributed by atoms with Crippen LogP contribution in [-0.2, 0) is 4.74 Å². The highest BCUT2D eigenvalue weighted by molar-refractivity contribution is 9.10. The summed E-state index contributed by atoms with van der Waals surface area (Å²) < 4.78 is 5.93. The average molecular weight is 392 g/mol. The van der Waals surface area contributed by atoms with Crippen LogP contribution in [0.4, 0.5) is 16.2 Å². The van der Waals surface area contributed by atoms with Crippen LogP contribution in [0.25, 0.3) is 0 Å². The quantitative estimate of drug-likeness (QED) is 0.809. The molecule has 0 unspecified atom stereocenters. The Hall–Kier alpha value is -2.41. The summed E-state index contributed by atoms with van der Waals surface area (Å²) in [4.78, 5) is 28.2. The van der Waals surface area contributed by atoms with Gasteiger partial charge in [-0.2, -0.15) is 0 Å². The van der Waals surface area contributed by atoms with Gasteiger partial charge in [-0.15, -0.1) is 0 Å². The third-order valence-electron chi connectivity index (χ3n) is 2.78. The molecule has 0 aliphatic rings. The lowest BCUT2D eigenvalue weighted by atomic mass is 10.2. The molecule has 0 atom stereocenters. The van der Waals surface area contributed by atoms with Crippen molar-refractivity contribution < 1.29 is 14.3 Å². The molecule has 2 rings (SSSR count). The number of carbonyl (C=O) groups is 2. The molecule has 0 radical (unpaired) electrons. The fourth-order valence-corrected chi connectivity index (χ4v) is 2.21. The largest absolute Gasteiger partial charge is 0.444 e. The van der Waals surface area contributed by atoms with E-state index in [-0.39, 0.29) is 5.91 Å². The topological polar surface area (TPSA) is 80.3 Å². The van der Waals surface area contributed by atoms with Crippen molar-refractivity contribution in [2.45, 2.75) is 26.4 Å². The van der Waals surface area contributed by atoms with Crippen molar-refractivity contribution in [1.82, 2.24) is 4.98 Å². The number of anilines is 2. The van der Waals surface area contributed by atoms with Gasteiger partial charge in [0, 0.05) is 16.9 Å². The summed E-state index contributed by atoms with van der Waals surface area (Å²) in [6.45, 7) is 5.33. The van der Waals surface area contributed by atoms with Crippen LogP contribution in [0, 0.1) is 0 Å². The monoisotopic (exact) mass is 391 g/mol. The van der Waals surface area contributed by atoms with Gasteiger partial charge in [0.15, 0.2) is 0 Å². The lowest BCUT2D eigenvalue weighted by Gasteiger charge is -2.20. The maximum Gasteiger partial charge on any atom is 0.412 e. The Morgan fingerprint density at radius 1 is 1.08 bits per heavy atom. The first-order valence-corrected chi connectivity index (χ1v) is 8.05. The summed E-state index contributed by atoms with van der Waals surface area (Å²) in [6, 6.07) is 8.54. The van der Waals surface area contributed by atoms with Crippen LogP contribution in [0.5, 0.6) is 0 Å². The van der Waals surface area contributed by atoms with Crippen LogP contribution < -0.4 is 10.6 Å². The SMILES string of the molecule is CC(C)(C)OC(=O)Nc1ccccc1NC(=O)c1cncc(Br)c1. The molecule has 6 nitrogen and oxygen atoms in total. The van der Waals surface area contributed by atoms with E-state index in [1.165, 1.54) is 6.20 Å². The van der Waals surface area contributed by atoms with E-state index in [0.717, 1.165) is 0 Å². The number of hydrogen-bond donors (Lipinski definition) is 2. The molecule has 126 valence electrons. The second-order valence-corrected chi connectivity index (χ2v) is 6.93. The van der Waals surface area contributed by atoms with Crippen LogP contribution in [0.1, 0.15) is 31.1 Å². The van der Waals surface area contributed by atoms with E-state index in [1.54, 1.807) is 57.3 Å². The number of rotatable bonds is 3. The number of hydrogen-bond acceptors (Lipinski definition) is 4. The van der Waals surface area contributed by atoms with Gasteiger partial charge in [0.2, 0.25) is 0 Å². The molecule has 2 amide bonds. The van der Waals surface area contributed by atoms with Gasteiger partial charge in [0.1, 0.15) is 5.60 Å². The first-order valence-electron chi connectivity index (χ1n) is 7.25. The van der Waals surface area contributed by atoms with Gasteiger partial charge < -0.3 is 10.1 Å². The normalized spacial score (nSPS) is 10.8. The molecule has 0 bridgehead atoms. The Labute approximate surface area is 148 Å². The van der Waals surface area contributed by atoms with Crippen molar-refractivity contribution >= 4 is 39.3 Å². The van der Waals surface area contributed by atoms with E-state index < -0.39 is 11.7 Å². The van der Waals surface area contributed by atoms with E-state index >= 15 is 0 Å². The highest BCUT2D eigenvalue weighted by Gasteiger charge is 2.17. The van der Waals surface area contributed by atoms with Crippen molar-refractivity contribution in [1.29, 1.82) is 0 Å². The molecule has 24 heavy (non-hydrogen) atoms. The molecule has 0 saturated heterocycles. The third kappa shape index (κ3) is 5.34. The number of nitrogens with one attached hydrogen (secondary N) is 2. The predicted octanol–water partition coefficient (Wildman–Crippen LogP) is 4.44. The summed E-state index contributed by atoms with van der Waals surface area (Å²) in [7, 11) is 0. The number of nitrogens with zero attached hydrogens (tertiary/aromatic N) is 1. The van der Waals surface area contributed by atoms with Gasteiger partial charge in [0.05, 0.1) is 16.9 Å². The maximum absolute atomic E-state index is 12.3. The van der Waals surface area contributed by atoms with Crippen molar-refractivity contribution in [3.05, 3.63) is 52.8 Å². The van der Waals surface area contributed by atoms with Gasteiger partial charge in [-0.1, -0.05) is 12.1 Å². The summed E-state index contributed by atoms with van der Waals surface area (Å²) >= 11 is 3.27. The van der Waals surface area contributed by atoms with Crippen LogP contribution >= 0.6 is 15.9 Å². The zero-order valence-corrected chi connectivity index (χ0v) is 15.2. The number of carbonyl (C=O) groups excluding carboxylic acids is 2. The molecule has 0 aliphatic carbocycles. The lowest BCUT2D eigenvalue weighted by molar-refractivity contribution is 0.0635. The Kier molecular flexibility index (Phi) is 5.56. The lowest BCUT2D eigenvalue weighted by Crippen LogP contribution is -2.27. The minimum atomic E-state index is -0.607. The molecule has 1 heterocycles. The van der Waals surface area contributed by atoms with Crippen molar-refractivity contribution in [2.24, 2.45) is 0 Å². The first kappa shape index (κ1) is 17.9. The molecule has 0 aliphatic heterocycles. The summed E-state index contributed by atoms with van der Waals surface area (Å²) in [5.74, 6) is -0.331. The number of ether oxygens (including phenoxy) is 1. The minimum Gasteiger partial charge on any atom is -0.444 e. The van der Waals surface area contributed by atoms with Crippen molar-refractivity contribution in [3.8, 4) is 0 Å². The van der Waals surface area contributed by atoms with Gasteiger partial charge in [-0.05, 0) is 54.9 Å². The van der Waals surface area contributed by atoms with Gasteiger partial charge >= 0.3 is 6.09 Å². The van der Waals surface area contributed by atoms with Gasteiger partial charge in [0.25, 0.3) is 5.91 Å². The Balaban J connectivity index is 2.14. The number of aromatic nitrogens is 1. The Bertz CT molecular complexity index is 757. The number of amides is 2. The summed E-state index contributed by atoms with van der Waals surface area (Å²) in [6.07, 6.45) is 2.46. The smallest absolute Gasteiger partial charge is 0.412 e. The van der Waals surface area contributed by atoms with Crippen molar-refractivity contribution in [3.63, 3.8) is 0 Å². The van der Waals surface area contributed by atoms with Crippen LogP contribution in [-0.4, -0.2) is 22.6 Å². The highest BCUT2D eigenvalue weighted by Crippen LogP contribution is 2.23. The molecule has 0 fully saturated rings. The number of benzene rings is 1. The van der Waals surface area contributed by atoms with Gasteiger partial charge in [-0.25, -0.2) is 4.79 Å². The zero-order chi connectivity index (χ0) is 17.7. The number of para-hydroxylation sites is 2. The standard InChI is InChI=1S/C17H18BrN3O3/c1-17(2,3)24-16(23)21-14-7-5-4-6-13(14)20-15(22)11-8-12(18)10-19-9-11/h4-10H,1-3H3,(H,20,22)(H,21,23). The molecule has 7 heteroatoms. The summed E-state index contributed by atoms with van der Waals surface area (Å²) in [5.41, 5.74) is 0.706. The molecule has 1 aromatic heterocycles. The van der Waals surface area contributed by atoms with E-state index in [9.17, 15) is 9.59 Å².